The Balaban J connectivity index is 2.03. The summed E-state index contributed by atoms with van der Waals surface area (Å²) in [6, 6.07) is 13.9. The Morgan fingerprint density at radius 3 is 2.36 bits per heavy atom. The zero-order valence-corrected chi connectivity index (χ0v) is 14.6. The van der Waals surface area contributed by atoms with Crippen LogP contribution in [0.1, 0.15) is 31.1 Å². The zero-order chi connectivity index (χ0) is 18.4. The largest absolute Gasteiger partial charge is 0.486 e. The first kappa shape index (κ1) is 18.3. The molecule has 0 spiro atoms. The third kappa shape index (κ3) is 5.24. The van der Waals surface area contributed by atoms with Gasteiger partial charge in [-0.15, -0.1) is 0 Å². The first-order valence-electron chi connectivity index (χ1n) is 8.06. The minimum atomic E-state index is -0.738. The Kier molecular flexibility index (Phi) is 6.00. The molecule has 0 saturated heterocycles. The molecule has 6 nitrogen and oxygen atoms in total. The summed E-state index contributed by atoms with van der Waals surface area (Å²) in [7, 11) is 0. The molecule has 0 aromatic heterocycles. The van der Waals surface area contributed by atoms with Gasteiger partial charge in [-0.05, 0) is 50.1 Å². The van der Waals surface area contributed by atoms with Crippen molar-refractivity contribution in [3.63, 3.8) is 0 Å². The molecule has 2 atom stereocenters. The lowest BCUT2D eigenvalue weighted by atomic mass is 10.1. The van der Waals surface area contributed by atoms with Gasteiger partial charge in [0.1, 0.15) is 17.9 Å². The maximum atomic E-state index is 12.0. The zero-order valence-electron chi connectivity index (χ0n) is 14.6. The quantitative estimate of drug-likeness (QED) is 0.753. The molecule has 3 amide bonds. The number of nitrogens with one attached hydrogen (secondary N) is 2. The van der Waals surface area contributed by atoms with Crippen LogP contribution in [0.25, 0.3) is 0 Å². The molecule has 0 heterocycles. The number of benzene rings is 2. The maximum absolute atomic E-state index is 12.0. The number of urea groups is 1. The number of rotatable bonds is 6. The fraction of sp³-hybridized carbons (Fsp3) is 0.263. The van der Waals surface area contributed by atoms with Crippen molar-refractivity contribution in [1.82, 2.24) is 5.32 Å². The molecule has 4 N–H and O–H groups in total. The predicted molar refractivity (Wildman–Crippen MR) is 97.5 cm³/mol. The summed E-state index contributed by atoms with van der Waals surface area (Å²) in [5.74, 6) is 0.378. The van der Waals surface area contributed by atoms with Gasteiger partial charge in [0.25, 0.3) is 0 Å². The second-order valence-electron chi connectivity index (χ2n) is 5.87. The minimum absolute atomic E-state index is 0.0826. The number of carbonyl (C=O) groups is 2. The highest BCUT2D eigenvalue weighted by Gasteiger charge is 2.15. The molecule has 2 rings (SSSR count). The van der Waals surface area contributed by atoms with Crippen LogP contribution in [-0.4, -0.2) is 18.0 Å². The summed E-state index contributed by atoms with van der Waals surface area (Å²) < 4.78 is 5.96. The lowest BCUT2D eigenvalue weighted by molar-refractivity contribution is -0.117. The smallest absolute Gasteiger partial charge is 0.312 e. The molecule has 2 aromatic rings. The molecular weight excluding hydrogens is 318 g/mol. The molecule has 132 valence electrons. The first-order chi connectivity index (χ1) is 11.9. The van der Waals surface area contributed by atoms with Gasteiger partial charge < -0.3 is 21.1 Å². The van der Waals surface area contributed by atoms with E-state index >= 15 is 0 Å². The van der Waals surface area contributed by atoms with Crippen molar-refractivity contribution in [1.29, 1.82) is 0 Å². The number of ether oxygens (including phenoxy) is 1. The summed E-state index contributed by atoms with van der Waals surface area (Å²) >= 11 is 0. The fourth-order valence-electron chi connectivity index (χ4n) is 2.37. The van der Waals surface area contributed by atoms with E-state index in [0.29, 0.717) is 5.69 Å². The van der Waals surface area contributed by atoms with Gasteiger partial charge in [-0.3, -0.25) is 4.79 Å². The lowest BCUT2D eigenvalue weighted by Gasteiger charge is -2.17. The Bertz CT molecular complexity index is 747. The number of amides is 3. The third-order valence-electron chi connectivity index (χ3n) is 3.79. The van der Waals surface area contributed by atoms with E-state index in [4.69, 9.17) is 10.5 Å². The number of nitrogens with two attached hydrogens (primary N) is 1. The minimum Gasteiger partial charge on any atom is -0.486 e. The number of aryl methyl sites for hydroxylation is 1. The van der Waals surface area contributed by atoms with E-state index in [1.54, 1.807) is 19.1 Å². The maximum Gasteiger partial charge on any atom is 0.312 e. The van der Waals surface area contributed by atoms with Crippen LogP contribution in [0.3, 0.4) is 0 Å². The summed E-state index contributed by atoms with van der Waals surface area (Å²) in [5.41, 5.74) is 7.62. The Hall–Kier alpha value is -3.02. The van der Waals surface area contributed by atoms with Crippen LogP contribution in [-0.2, 0) is 4.79 Å². The van der Waals surface area contributed by atoms with Gasteiger partial charge in [-0.25, -0.2) is 4.79 Å². The van der Waals surface area contributed by atoms with E-state index in [1.807, 2.05) is 50.2 Å². The highest BCUT2D eigenvalue weighted by atomic mass is 16.5. The molecule has 0 aliphatic heterocycles. The van der Waals surface area contributed by atoms with Crippen molar-refractivity contribution in [3.8, 4) is 5.75 Å². The van der Waals surface area contributed by atoms with E-state index in [1.165, 1.54) is 0 Å². The van der Waals surface area contributed by atoms with Crippen molar-refractivity contribution in [2.75, 3.05) is 5.32 Å². The van der Waals surface area contributed by atoms with Crippen LogP contribution in [0.2, 0.25) is 0 Å². The average molecular weight is 341 g/mol. The average Bonchev–Trinajstić information content (AvgIpc) is 2.57. The molecular formula is C19H23N3O3. The highest BCUT2D eigenvalue weighted by molar-refractivity contribution is 5.97. The van der Waals surface area contributed by atoms with Gasteiger partial charge >= 0.3 is 6.03 Å². The highest BCUT2D eigenvalue weighted by Crippen LogP contribution is 2.26. The molecule has 0 aliphatic rings. The van der Waals surface area contributed by atoms with E-state index in [2.05, 4.69) is 10.6 Å². The van der Waals surface area contributed by atoms with Gasteiger partial charge in [0.2, 0.25) is 5.91 Å². The van der Waals surface area contributed by atoms with Gasteiger partial charge in [-0.2, -0.15) is 0 Å². The summed E-state index contributed by atoms with van der Waals surface area (Å²) in [4.78, 5) is 22.8. The second kappa shape index (κ2) is 8.19. The van der Waals surface area contributed by atoms with Crippen molar-refractivity contribution in [2.24, 2.45) is 5.73 Å². The fourth-order valence-corrected chi connectivity index (χ4v) is 2.37. The normalized spacial score (nSPS) is 12.8. The van der Waals surface area contributed by atoms with Gasteiger partial charge in [0, 0.05) is 5.69 Å². The van der Waals surface area contributed by atoms with Crippen LogP contribution in [0.15, 0.2) is 48.5 Å². The molecule has 0 aliphatic carbocycles. The van der Waals surface area contributed by atoms with Crippen molar-refractivity contribution >= 4 is 17.6 Å². The summed E-state index contributed by atoms with van der Waals surface area (Å²) in [5, 5.41) is 5.10. The van der Waals surface area contributed by atoms with Crippen LogP contribution >= 0.6 is 0 Å². The summed E-state index contributed by atoms with van der Waals surface area (Å²) in [6.07, 6.45) is -0.0826. The lowest BCUT2D eigenvalue weighted by Crippen LogP contribution is -2.44. The van der Waals surface area contributed by atoms with Gasteiger partial charge in [0.05, 0.1) is 0 Å². The molecule has 6 heteroatoms. The van der Waals surface area contributed by atoms with Crippen LogP contribution in [0.4, 0.5) is 10.5 Å². The first-order valence-corrected chi connectivity index (χ1v) is 8.06. The molecule has 0 radical (unpaired) electrons. The Morgan fingerprint density at radius 1 is 1.08 bits per heavy atom. The van der Waals surface area contributed by atoms with Crippen molar-refractivity contribution in [2.45, 2.75) is 32.9 Å². The Labute approximate surface area is 147 Å². The van der Waals surface area contributed by atoms with Crippen molar-refractivity contribution < 1.29 is 14.3 Å². The number of hydrogen-bond acceptors (Lipinski definition) is 3. The summed E-state index contributed by atoms with van der Waals surface area (Å²) in [6.45, 7) is 5.42. The van der Waals surface area contributed by atoms with E-state index in [-0.39, 0.29) is 12.0 Å². The van der Waals surface area contributed by atoms with Crippen LogP contribution < -0.4 is 21.1 Å². The van der Waals surface area contributed by atoms with E-state index in [0.717, 1.165) is 16.9 Å². The van der Waals surface area contributed by atoms with Crippen molar-refractivity contribution in [3.05, 3.63) is 59.7 Å². The van der Waals surface area contributed by atoms with Crippen LogP contribution in [0, 0.1) is 6.92 Å². The van der Waals surface area contributed by atoms with Gasteiger partial charge in [-0.1, -0.05) is 30.3 Å². The van der Waals surface area contributed by atoms with E-state index < -0.39 is 12.1 Å². The molecule has 0 fully saturated rings. The number of primary amides is 1. The molecule has 25 heavy (non-hydrogen) atoms. The number of hydrogen-bond donors (Lipinski definition) is 3. The van der Waals surface area contributed by atoms with Gasteiger partial charge in [0.15, 0.2) is 0 Å². The Morgan fingerprint density at radius 2 is 1.76 bits per heavy atom. The number of anilines is 1. The second-order valence-corrected chi connectivity index (χ2v) is 5.87. The molecule has 0 unspecified atom stereocenters. The SMILES string of the molecule is Cc1cc(O[C@@H](C)c2ccccc2)ccc1NC(=O)[C@H](C)NC(N)=O. The standard InChI is InChI=1S/C19H23N3O3/c1-12-11-16(25-14(3)15-7-5-4-6-8-15)9-10-17(12)22-18(23)13(2)21-19(20)24/h4-11,13-14H,1-3H3,(H,22,23)(H3,20,21,24)/t13-,14-/m0/s1. The monoisotopic (exact) mass is 341 g/mol. The van der Waals surface area contributed by atoms with Crippen LogP contribution in [0.5, 0.6) is 5.75 Å². The van der Waals surface area contributed by atoms with E-state index in [9.17, 15) is 9.59 Å². The molecule has 0 bridgehead atoms. The molecule has 2 aromatic carbocycles. The third-order valence-corrected chi connectivity index (χ3v) is 3.79. The molecule has 0 saturated carbocycles. The topological polar surface area (TPSA) is 93.4 Å². The number of carbonyl (C=O) groups excluding carboxylic acids is 2. The predicted octanol–water partition coefficient (Wildman–Crippen LogP) is 3.13.